The van der Waals surface area contributed by atoms with E-state index in [2.05, 4.69) is 4.98 Å². The molecule has 0 bridgehead atoms. The molecule has 1 aromatic rings. The Bertz CT molecular complexity index is 297. The summed E-state index contributed by atoms with van der Waals surface area (Å²) in [4.78, 5) is 15.3. The molecule has 14 heavy (non-hydrogen) atoms. The molecule has 4 nitrogen and oxygen atoms in total. The summed E-state index contributed by atoms with van der Waals surface area (Å²) in [5, 5.41) is 18.7. The van der Waals surface area contributed by atoms with Gasteiger partial charge in [0.15, 0.2) is 0 Å². The van der Waals surface area contributed by atoms with Crippen LogP contribution in [-0.4, -0.2) is 21.2 Å². The Labute approximate surface area is 86.2 Å². The fraction of sp³-hybridized carbons (Fsp3) is 0.556. The van der Waals surface area contributed by atoms with Gasteiger partial charge in [-0.25, -0.2) is 0 Å². The van der Waals surface area contributed by atoms with Gasteiger partial charge >= 0.3 is 5.97 Å². The summed E-state index contributed by atoms with van der Waals surface area (Å²) >= 11 is 1.27. The van der Waals surface area contributed by atoms with E-state index >= 15 is 0 Å². The van der Waals surface area contributed by atoms with Crippen molar-refractivity contribution < 1.29 is 15.0 Å². The second-order valence-electron chi connectivity index (χ2n) is 3.46. The fourth-order valence-electron chi connectivity index (χ4n) is 1.33. The van der Waals surface area contributed by atoms with Crippen LogP contribution in [0.2, 0.25) is 0 Å². The second-order valence-corrected chi connectivity index (χ2v) is 4.37. The second kappa shape index (κ2) is 4.52. The highest BCUT2D eigenvalue weighted by atomic mass is 32.1. The number of nitrogens with zero attached hydrogens (tertiary/aromatic N) is 1. The molecule has 1 rings (SSSR count). The zero-order valence-electron chi connectivity index (χ0n) is 8.04. The molecule has 0 aliphatic carbocycles. The molecule has 1 heterocycles. The van der Waals surface area contributed by atoms with Crippen molar-refractivity contribution in [1.29, 1.82) is 0 Å². The van der Waals surface area contributed by atoms with Crippen LogP contribution in [0.25, 0.3) is 0 Å². The van der Waals surface area contributed by atoms with E-state index in [0.29, 0.717) is 4.88 Å². The Hall–Kier alpha value is -0.940. The van der Waals surface area contributed by atoms with Crippen molar-refractivity contribution in [1.82, 2.24) is 4.98 Å². The largest absolute Gasteiger partial charge is 0.481 e. The van der Waals surface area contributed by atoms with Crippen LogP contribution in [0.15, 0.2) is 11.7 Å². The minimum atomic E-state index is -0.971. The van der Waals surface area contributed by atoms with Gasteiger partial charge in [0.05, 0.1) is 16.3 Å². The quantitative estimate of drug-likeness (QED) is 0.799. The number of aliphatic hydroxyl groups excluding tert-OH is 1. The summed E-state index contributed by atoms with van der Waals surface area (Å²) in [7, 11) is 0. The van der Waals surface area contributed by atoms with Crippen LogP contribution in [0.1, 0.15) is 24.8 Å². The number of aromatic nitrogens is 1. The van der Waals surface area contributed by atoms with Crippen LogP contribution < -0.4 is 0 Å². The van der Waals surface area contributed by atoms with Crippen LogP contribution in [-0.2, 0) is 4.79 Å². The standard InChI is InChI=1S/C9H13NO3S/c1-5(2)7(9(12)13)8(11)6-3-10-4-14-6/h3-5,7-8,11H,1-2H3,(H,12,13). The molecule has 2 atom stereocenters. The Kier molecular flexibility index (Phi) is 3.60. The van der Waals surface area contributed by atoms with E-state index in [1.807, 2.05) is 0 Å². The Balaban J connectivity index is 2.84. The molecular formula is C9H13NO3S. The molecule has 78 valence electrons. The molecule has 0 fully saturated rings. The van der Waals surface area contributed by atoms with Crippen LogP contribution in [0, 0.1) is 11.8 Å². The summed E-state index contributed by atoms with van der Waals surface area (Å²) in [5.74, 6) is -1.85. The number of hydrogen-bond acceptors (Lipinski definition) is 4. The topological polar surface area (TPSA) is 70.4 Å². The number of hydrogen-bond donors (Lipinski definition) is 2. The van der Waals surface area contributed by atoms with Gasteiger partial charge in [0.2, 0.25) is 0 Å². The Morgan fingerprint density at radius 3 is 2.57 bits per heavy atom. The number of aliphatic carboxylic acids is 1. The van der Waals surface area contributed by atoms with Crippen molar-refractivity contribution in [3.8, 4) is 0 Å². The van der Waals surface area contributed by atoms with Gasteiger partial charge in [-0.15, -0.1) is 11.3 Å². The third-order valence-electron chi connectivity index (χ3n) is 2.09. The van der Waals surface area contributed by atoms with Gasteiger partial charge in [-0.2, -0.15) is 0 Å². The lowest BCUT2D eigenvalue weighted by Gasteiger charge is -2.20. The van der Waals surface area contributed by atoms with E-state index in [1.165, 1.54) is 17.5 Å². The summed E-state index contributed by atoms with van der Waals surface area (Å²) in [6.45, 7) is 3.56. The lowest BCUT2D eigenvalue weighted by Crippen LogP contribution is -2.26. The maximum absolute atomic E-state index is 10.9. The predicted octanol–water partition coefficient (Wildman–Crippen LogP) is 1.53. The molecule has 2 N–H and O–H groups in total. The molecule has 0 spiro atoms. The highest BCUT2D eigenvalue weighted by Crippen LogP contribution is 2.30. The van der Waals surface area contributed by atoms with Gasteiger partial charge in [0.1, 0.15) is 6.10 Å². The molecule has 0 saturated carbocycles. The van der Waals surface area contributed by atoms with Crippen molar-refractivity contribution in [3.63, 3.8) is 0 Å². The average molecular weight is 215 g/mol. The maximum atomic E-state index is 10.9. The van der Waals surface area contributed by atoms with E-state index in [9.17, 15) is 9.90 Å². The number of thiazole rings is 1. The zero-order valence-corrected chi connectivity index (χ0v) is 8.86. The number of rotatable bonds is 4. The monoisotopic (exact) mass is 215 g/mol. The fourth-order valence-corrected chi connectivity index (χ4v) is 1.98. The lowest BCUT2D eigenvalue weighted by atomic mass is 9.90. The molecule has 0 amide bonds. The van der Waals surface area contributed by atoms with Gasteiger partial charge in [0.25, 0.3) is 0 Å². The molecule has 0 aliphatic rings. The third-order valence-corrected chi connectivity index (χ3v) is 2.93. The molecule has 0 aliphatic heterocycles. The minimum absolute atomic E-state index is 0.107. The van der Waals surface area contributed by atoms with Crippen molar-refractivity contribution in [2.75, 3.05) is 0 Å². The molecule has 0 radical (unpaired) electrons. The third kappa shape index (κ3) is 2.30. The van der Waals surface area contributed by atoms with Crippen LogP contribution in [0.4, 0.5) is 0 Å². The SMILES string of the molecule is CC(C)C(C(=O)O)C(O)c1cncs1. The minimum Gasteiger partial charge on any atom is -0.481 e. The number of carboxylic acids is 1. The zero-order chi connectivity index (χ0) is 10.7. The van der Waals surface area contributed by atoms with Crippen molar-refractivity contribution in [2.24, 2.45) is 11.8 Å². The Morgan fingerprint density at radius 1 is 1.57 bits per heavy atom. The first-order valence-electron chi connectivity index (χ1n) is 4.33. The maximum Gasteiger partial charge on any atom is 0.309 e. The summed E-state index contributed by atoms with van der Waals surface area (Å²) in [6.07, 6.45) is 0.549. The van der Waals surface area contributed by atoms with Crippen LogP contribution >= 0.6 is 11.3 Å². The van der Waals surface area contributed by atoms with Gasteiger partial charge in [-0.3, -0.25) is 9.78 Å². The normalized spacial score (nSPS) is 15.4. The van der Waals surface area contributed by atoms with E-state index in [1.54, 1.807) is 19.4 Å². The predicted molar refractivity (Wildman–Crippen MR) is 53.0 cm³/mol. The number of carboxylic acid groups (broad SMARTS) is 1. The first-order valence-corrected chi connectivity index (χ1v) is 5.21. The molecule has 2 unspecified atom stereocenters. The van der Waals surface area contributed by atoms with Gasteiger partial charge in [-0.05, 0) is 5.92 Å². The first-order chi connectivity index (χ1) is 6.54. The smallest absolute Gasteiger partial charge is 0.309 e. The van der Waals surface area contributed by atoms with E-state index in [-0.39, 0.29) is 5.92 Å². The summed E-state index contributed by atoms with van der Waals surface area (Å²) < 4.78 is 0. The Morgan fingerprint density at radius 2 is 2.21 bits per heavy atom. The van der Waals surface area contributed by atoms with Gasteiger partial charge < -0.3 is 10.2 Å². The highest BCUT2D eigenvalue weighted by molar-refractivity contribution is 7.09. The van der Waals surface area contributed by atoms with E-state index in [4.69, 9.17) is 5.11 Å². The molecular weight excluding hydrogens is 202 g/mol. The summed E-state index contributed by atoms with van der Waals surface area (Å²) in [6, 6.07) is 0. The average Bonchev–Trinajstić information content (AvgIpc) is 2.53. The molecule has 0 aromatic carbocycles. The first kappa shape index (κ1) is 11.1. The summed E-state index contributed by atoms with van der Waals surface area (Å²) in [5.41, 5.74) is 1.58. The van der Waals surface area contributed by atoms with Crippen LogP contribution in [0.3, 0.4) is 0 Å². The lowest BCUT2D eigenvalue weighted by molar-refractivity contribution is -0.148. The van der Waals surface area contributed by atoms with Crippen molar-refractivity contribution in [3.05, 3.63) is 16.6 Å². The van der Waals surface area contributed by atoms with E-state index < -0.39 is 18.0 Å². The molecule has 1 aromatic heterocycles. The molecule has 5 heteroatoms. The molecule has 0 saturated heterocycles. The number of aliphatic hydroxyl groups is 1. The van der Waals surface area contributed by atoms with Gasteiger partial charge in [-0.1, -0.05) is 13.8 Å². The van der Waals surface area contributed by atoms with E-state index in [0.717, 1.165) is 0 Å². The van der Waals surface area contributed by atoms with Gasteiger partial charge in [0, 0.05) is 6.20 Å². The van der Waals surface area contributed by atoms with Crippen LogP contribution in [0.5, 0.6) is 0 Å². The highest BCUT2D eigenvalue weighted by Gasteiger charge is 2.31. The van der Waals surface area contributed by atoms with Crippen molar-refractivity contribution in [2.45, 2.75) is 20.0 Å². The number of carbonyl (C=O) groups is 1. The van der Waals surface area contributed by atoms with Crippen molar-refractivity contribution >= 4 is 17.3 Å².